The van der Waals surface area contributed by atoms with Gasteiger partial charge in [0.05, 0.1) is 13.2 Å². The molecular weight excluding hydrogens is 320 g/mol. The first-order chi connectivity index (χ1) is 12.2. The molecule has 1 aromatic carbocycles. The molecule has 1 aromatic heterocycles. The molecule has 1 amide bonds. The average molecular weight is 344 g/mol. The van der Waals surface area contributed by atoms with Crippen LogP contribution in [0, 0.1) is 0 Å². The van der Waals surface area contributed by atoms with E-state index < -0.39 is 6.10 Å². The van der Waals surface area contributed by atoms with Crippen molar-refractivity contribution in [1.82, 2.24) is 19.9 Å². The smallest absolute Gasteiger partial charge is 0.253 e. The van der Waals surface area contributed by atoms with Gasteiger partial charge in [0.2, 0.25) is 5.89 Å². The second-order valence-electron chi connectivity index (χ2n) is 6.23. The van der Waals surface area contributed by atoms with Crippen LogP contribution in [0.15, 0.2) is 34.9 Å². The Labute approximate surface area is 147 Å². The summed E-state index contributed by atoms with van der Waals surface area (Å²) in [4.78, 5) is 20.7. The monoisotopic (exact) mass is 344 g/mol. The van der Waals surface area contributed by atoms with Crippen molar-refractivity contribution >= 4 is 5.91 Å². The highest BCUT2D eigenvalue weighted by Gasteiger charge is 2.29. The predicted octanol–water partition coefficient (Wildman–Crippen LogP) is 1.49. The SMILES string of the molecule is CCc1noc(CN(C)C(=O)[C@H]2CN(Cc3ccccc3)CCO2)n1. The Morgan fingerprint density at radius 2 is 2.16 bits per heavy atom. The zero-order valence-electron chi connectivity index (χ0n) is 14.7. The fourth-order valence-electron chi connectivity index (χ4n) is 2.86. The van der Waals surface area contributed by atoms with E-state index in [2.05, 4.69) is 27.2 Å². The molecule has 0 unspecified atom stereocenters. The van der Waals surface area contributed by atoms with E-state index in [4.69, 9.17) is 9.26 Å². The van der Waals surface area contributed by atoms with Gasteiger partial charge in [0.25, 0.3) is 5.91 Å². The van der Waals surface area contributed by atoms with Gasteiger partial charge in [-0.25, -0.2) is 0 Å². The molecule has 0 bridgehead atoms. The van der Waals surface area contributed by atoms with Crippen LogP contribution >= 0.6 is 0 Å². The number of aromatic nitrogens is 2. The lowest BCUT2D eigenvalue weighted by Crippen LogP contribution is -2.49. The highest BCUT2D eigenvalue weighted by Crippen LogP contribution is 2.13. The van der Waals surface area contributed by atoms with Crippen molar-refractivity contribution in [1.29, 1.82) is 0 Å². The van der Waals surface area contributed by atoms with Gasteiger partial charge in [-0.15, -0.1) is 0 Å². The molecule has 3 rings (SSSR count). The topological polar surface area (TPSA) is 71.7 Å². The predicted molar refractivity (Wildman–Crippen MR) is 91.6 cm³/mol. The fourth-order valence-corrected chi connectivity index (χ4v) is 2.86. The number of hydrogen-bond donors (Lipinski definition) is 0. The number of amides is 1. The van der Waals surface area contributed by atoms with Gasteiger partial charge in [0, 0.05) is 33.1 Å². The van der Waals surface area contributed by atoms with E-state index in [1.165, 1.54) is 5.56 Å². The Kier molecular flexibility index (Phi) is 5.78. The zero-order valence-corrected chi connectivity index (χ0v) is 14.7. The summed E-state index contributed by atoms with van der Waals surface area (Å²) in [5.74, 6) is 1.04. The summed E-state index contributed by atoms with van der Waals surface area (Å²) in [6.45, 7) is 5.04. The molecule has 1 fully saturated rings. The van der Waals surface area contributed by atoms with Crippen LogP contribution in [0.25, 0.3) is 0 Å². The van der Waals surface area contributed by atoms with E-state index >= 15 is 0 Å². The number of hydrogen-bond acceptors (Lipinski definition) is 6. The Morgan fingerprint density at radius 1 is 1.36 bits per heavy atom. The molecule has 2 aromatic rings. The molecule has 7 nitrogen and oxygen atoms in total. The van der Waals surface area contributed by atoms with Crippen LogP contribution in [0.2, 0.25) is 0 Å². The van der Waals surface area contributed by atoms with Crippen molar-refractivity contribution in [3.63, 3.8) is 0 Å². The largest absolute Gasteiger partial charge is 0.366 e. The van der Waals surface area contributed by atoms with E-state index in [1.807, 2.05) is 25.1 Å². The summed E-state index contributed by atoms with van der Waals surface area (Å²) in [5.41, 5.74) is 1.24. The number of morpholine rings is 1. The minimum absolute atomic E-state index is 0.0611. The van der Waals surface area contributed by atoms with Crippen LogP contribution in [0.5, 0.6) is 0 Å². The van der Waals surface area contributed by atoms with Crippen LogP contribution in [-0.4, -0.2) is 58.7 Å². The molecule has 0 saturated carbocycles. The number of rotatable bonds is 6. The molecule has 25 heavy (non-hydrogen) atoms. The second-order valence-corrected chi connectivity index (χ2v) is 6.23. The summed E-state index contributed by atoms with van der Waals surface area (Å²) in [6.07, 6.45) is 0.248. The normalized spacial score (nSPS) is 18.2. The lowest BCUT2D eigenvalue weighted by Gasteiger charge is -2.33. The van der Waals surface area contributed by atoms with Crippen molar-refractivity contribution in [3.05, 3.63) is 47.6 Å². The van der Waals surface area contributed by atoms with Crippen LogP contribution in [0.1, 0.15) is 24.2 Å². The molecule has 1 atom stereocenters. The minimum atomic E-state index is -0.462. The summed E-state index contributed by atoms with van der Waals surface area (Å²) in [6, 6.07) is 10.3. The van der Waals surface area contributed by atoms with Gasteiger partial charge in [-0.3, -0.25) is 9.69 Å². The van der Waals surface area contributed by atoms with Crippen molar-refractivity contribution in [2.24, 2.45) is 0 Å². The van der Waals surface area contributed by atoms with E-state index in [9.17, 15) is 4.79 Å². The molecule has 0 radical (unpaired) electrons. The van der Waals surface area contributed by atoms with Gasteiger partial charge < -0.3 is 14.2 Å². The van der Waals surface area contributed by atoms with Gasteiger partial charge in [-0.1, -0.05) is 42.4 Å². The van der Waals surface area contributed by atoms with Gasteiger partial charge in [0.1, 0.15) is 6.10 Å². The number of carbonyl (C=O) groups is 1. The van der Waals surface area contributed by atoms with E-state index in [1.54, 1.807) is 11.9 Å². The molecule has 0 N–H and O–H groups in total. The Bertz CT molecular complexity index is 689. The van der Waals surface area contributed by atoms with Crippen molar-refractivity contribution in [3.8, 4) is 0 Å². The Hall–Kier alpha value is -2.25. The fraction of sp³-hybridized carbons (Fsp3) is 0.500. The van der Waals surface area contributed by atoms with Crippen LogP contribution in [0.4, 0.5) is 0 Å². The van der Waals surface area contributed by atoms with E-state index in [-0.39, 0.29) is 5.91 Å². The molecule has 1 aliphatic rings. The van der Waals surface area contributed by atoms with Crippen LogP contribution < -0.4 is 0 Å². The standard InChI is InChI=1S/C18H24N4O3/c1-3-16-19-17(25-20-16)13-21(2)18(23)15-12-22(9-10-24-15)11-14-7-5-4-6-8-14/h4-8,15H,3,9-13H2,1-2H3/t15-/m1/s1. The number of benzene rings is 1. The summed E-state index contributed by atoms with van der Waals surface area (Å²) < 4.78 is 10.9. The molecule has 2 heterocycles. The third kappa shape index (κ3) is 4.64. The lowest BCUT2D eigenvalue weighted by molar-refractivity contribution is -0.149. The average Bonchev–Trinajstić information content (AvgIpc) is 3.09. The van der Waals surface area contributed by atoms with Gasteiger partial charge in [0.15, 0.2) is 5.82 Å². The van der Waals surface area contributed by atoms with Crippen LogP contribution in [0.3, 0.4) is 0 Å². The Balaban J connectivity index is 1.55. The molecule has 0 spiro atoms. The first kappa shape index (κ1) is 17.6. The molecule has 134 valence electrons. The number of carbonyl (C=O) groups excluding carboxylic acids is 1. The molecule has 1 saturated heterocycles. The summed E-state index contributed by atoms with van der Waals surface area (Å²) in [7, 11) is 1.73. The van der Waals surface area contributed by atoms with Crippen molar-refractivity contribution in [2.45, 2.75) is 32.5 Å². The maximum atomic E-state index is 12.7. The number of nitrogens with zero attached hydrogens (tertiary/aromatic N) is 4. The first-order valence-electron chi connectivity index (χ1n) is 8.60. The van der Waals surface area contributed by atoms with Gasteiger partial charge in [-0.05, 0) is 5.56 Å². The van der Waals surface area contributed by atoms with E-state index in [0.717, 1.165) is 13.1 Å². The number of ether oxygens (including phenoxy) is 1. The van der Waals surface area contributed by atoms with Gasteiger partial charge in [-0.2, -0.15) is 4.98 Å². The maximum absolute atomic E-state index is 12.7. The molecule has 0 aliphatic carbocycles. The Morgan fingerprint density at radius 3 is 2.88 bits per heavy atom. The third-order valence-electron chi connectivity index (χ3n) is 4.25. The highest BCUT2D eigenvalue weighted by atomic mass is 16.5. The summed E-state index contributed by atoms with van der Waals surface area (Å²) in [5, 5.41) is 3.85. The third-order valence-corrected chi connectivity index (χ3v) is 4.25. The number of aryl methyl sites for hydroxylation is 1. The lowest BCUT2D eigenvalue weighted by atomic mass is 10.2. The molecule has 7 heteroatoms. The zero-order chi connectivity index (χ0) is 17.6. The molecule has 1 aliphatic heterocycles. The summed E-state index contributed by atoms with van der Waals surface area (Å²) >= 11 is 0. The van der Waals surface area contributed by atoms with Crippen LogP contribution in [-0.2, 0) is 29.0 Å². The van der Waals surface area contributed by atoms with Gasteiger partial charge >= 0.3 is 0 Å². The van der Waals surface area contributed by atoms with Crippen molar-refractivity contribution < 1.29 is 14.1 Å². The first-order valence-corrected chi connectivity index (χ1v) is 8.60. The van der Waals surface area contributed by atoms with E-state index in [0.29, 0.717) is 37.8 Å². The quantitative estimate of drug-likeness (QED) is 0.791. The second kappa shape index (κ2) is 8.22. The maximum Gasteiger partial charge on any atom is 0.253 e. The minimum Gasteiger partial charge on any atom is -0.366 e. The van der Waals surface area contributed by atoms with Crippen molar-refractivity contribution in [2.75, 3.05) is 26.7 Å². The molecular formula is C18H24N4O3. The highest BCUT2D eigenvalue weighted by molar-refractivity contribution is 5.81. The number of likely N-dealkylation sites (N-methyl/N-ethyl adjacent to an activating group) is 1.